The van der Waals surface area contributed by atoms with E-state index >= 15 is 0 Å². The lowest BCUT2D eigenvalue weighted by Crippen LogP contribution is -2.54. The second-order valence-electron chi connectivity index (χ2n) is 11.4. The highest BCUT2D eigenvalue weighted by Gasteiger charge is 2.39. The van der Waals surface area contributed by atoms with Gasteiger partial charge in [-0.25, -0.2) is 0 Å². The first-order valence-corrected chi connectivity index (χ1v) is 14.6. The molecule has 1 heterocycles. The van der Waals surface area contributed by atoms with Crippen LogP contribution in [0.1, 0.15) is 118 Å². The van der Waals surface area contributed by atoms with Crippen LogP contribution in [-0.4, -0.2) is 51.7 Å². The summed E-state index contributed by atoms with van der Waals surface area (Å²) < 4.78 is 4.30. The molecule has 3 amide bonds. The van der Waals surface area contributed by atoms with E-state index in [2.05, 4.69) is 42.7 Å². The second kappa shape index (κ2) is 13.4. The molecule has 4 N–H and O–H groups in total. The highest BCUT2D eigenvalue weighted by molar-refractivity contribution is 7.09. The SMILES string of the molecule is CC(C)CCNC(=O)C(CC(C)C)N(C(=O)c1snc(C(=O)NC2CCCCC2)c1N)C1CCCC1. The fraction of sp³-hybridized carbons (Fsp3) is 0.778. The maximum Gasteiger partial charge on any atom is 0.273 e. The Hall–Kier alpha value is -2.16. The summed E-state index contributed by atoms with van der Waals surface area (Å²) in [5.74, 6) is 0.0169. The van der Waals surface area contributed by atoms with Crippen LogP contribution in [0.25, 0.3) is 0 Å². The van der Waals surface area contributed by atoms with Crippen LogP contribution in [-0.2, 0) is 4.79 Å². The van der Waals surface area contributed by atoms with Crippen LogP contribution in [0, 0.1) is 11.8 Å². The van der Waals surface area contributed by atoms with E-state index in [-0.39, 0.29) is 52.0 Å². The van der Waals surface area contributed by atoms with Crippen LogP contribution >= 0.6 is 11.5 Å². The number of nitrogen functional groups attached to an aromatic ring is 1. The van der Waals surface area contributed by atoms with Gasteiger partial charge < -0.3 is 21.3 Å². The van der Waals surface area contributed by atoms with Crippen molar-refractivity contribution in [1.82, 2.24) is 19.9 Å². The second-order valence-corrected chi connectivity index (χ2v) is 12.1. The molecular weight excluding hydrogens is 474 g/mol. The number of anilines is 1. The molecule has 1 aromatic heterocycles. The van der Waals surface area contributed by atoms with Gasteiger partial charge in [0.15, 0.2) is 5.69 Å². The summed E-state index contributed by atoms with van der Waals surface area (Å²) >= 11 is 0.973. The van der Waals surface area contributed by atoms with Crippen molar-refractivity contribution in [2.75, 3.05) is 12.3 Å². The van der Waals surface area contributed by atoms with Gasteiger partial charge in [0.1, 0.15) is 10.9 Å². The van der Waals surface area contributed by atoms with Crippen molar-refractivity contribution in [2.45, 2.75) is 116 Å². The van der Waals surface area contributed by atoms with E-state index in [9.17, 15) is 14.4 Å². The number of hydrogen-bond acceptors (Lipinski definition) is 6. The lowest BCUT2D eigenvalue weighted by Gasteiger charge is -2.36. The van der Waals surface area contributed by atoms with E-state index in [0.717, 1.165) is 69.3 Å². The number of carbonyl (C=O) groups is 3. The van der Waals surface area contributed by atoms with Gasteiger partial charge in [-0.2, -0.15) is 4.37 Å². The summed E-state index contributed by atoms with van der Waals surface area (Å²) in [6.07, 6.45) is 10.6. The molecule has 202 valence electrons. The van der Waals surface area contributed by atoms with Crippen LogP contribution in [0.5, 0.6) is 0 Å². The molecule has 0 bridgehead atoms. The Kier molecular flexibility index (Phi) is 10.6. The van der Waals surface area contributed by atoms with E-state index < -0.39 is 6.04 Å². The number of nitrogens with one attached hydrogen (secondary N) is 2. The molecule has 8 nitrogen and oxygen atoms in total. The largest absolute Gasteiger partial charge is 0.395 e. The molecule has 0 aliphatic heterocycles. The van der Waals surface area contributed by atoms with Crippen molar-refractivity contribution in [1.29, 1.82) is 0 Å². The summed E-state index contributed by atoms with van der Waals surface area (Å²) in [5.41, 5.74) is 6.63. The van der Waals surface area contributed by atoms with Gasteiger partial charge in [0.2, 0.25) is 5.91 Å². The summed E-state index contributed by atoms with van der Waals surface area (Å²) in [5, 5.41) is 6.12. The van der Waals surface area contributed by atoms with Gasteiger partial charge in [0.05, 0.1) is 5.69 Å². The molecule has 1 atom stereocenters. The normalized spacial score (nSPS) is 17.9. The minimum Gasteiger partial charge on any atom is -0.395 e. The number of nitrogens with two attached hydrogens (primary N) is 1. The number of aromatic nitrogens is 1. The number of hydrogen-bond donors (Lipinski definition) is 3. The van der Waals surface area contributed by atoms with E-state index in [0.29, 0.717) is 18.9 Å². The van der Waals surface area contributed by atoms with Crippen molar-refractivity contribution in [3.8, 4) is 0 Å². The predicted octanol–water partition coefficient (Wildman–Crippen LogP) is 4.75. The Morgan fingerprint density at radius 1 is 1.00 bits per heavy atom. The lowest BCUT2D eigenvalue weighted by molar-refractivity contribution is -0.127. The van der Waals surface area contributed by atoms with Gasteiger partial charge in [-0.05, 0) is 61.9 Å². The molecule has 2 saturated carbocycles. The number of carbonyl (C=O) groups excluding carboxylic acids is 3. The fourth-order valence-corrected chi connectivity index (χ4v) is 6.12. The summed E-state index contributed by atoms with van der Waals surface area (Å²) in [6, 6.07) is -0.460. The van der Waals surface area contributed by atoms with E-state index in [4.69, 9.17) is 5.73 Å². The Morgan fingerprint density at radius 2 is 1.64 bits per heavy atom. The zero-order chi connectivity index (χ0) is 26.2. The van der Waals surface area contributed by atoms with Crippen molar-refractivity contribution in [3.05, 3.63) is 10.6 Å². The summed E-state index contributed by atoms with van der Waals surface area (Å²) in [4.78, 5) is 42.3. The smallest absolute Gasteiger partial charge is 0.273 e. The van der Waals surface area contributed by atoms with E-state index in [1.165, 1.54) is 6.42 Å². The molecule has 0 spiro atoms. The summed E-state index contributed by atoms with van der Waals surface area (Å²) in [7, 11) is 0. The minimum absolute atomic E-state index is 0.0156. The Bertz CT molecular complexity index is 888. The zero-order valence-electron chi connectivity index (χ0n) is 22.5. The standard InChI is InChI=1S/C27H45N5O3S/c1-17(2)14-15-29-25(33)21(16-18(3)4)32(20-12-8-9-13-20)27(35)24-22(28)23(31-36-24)26(34)30-19-10-6-5-7-11-19/h17-21H,5-16,28H2,1-4H3,(H,29,33)(H,30,34). The van der Waals surface area contributed by atoms with Gasteiger partial charge in [0.25, 0.3) is 11.8 Å². The molecule has 9 heteroatoms. The topological polar surface area (TPSA) is 117 Å². The molecule has 0 saturated heterocycles. The van der Waals surface area contributed by atoms with E-state index in [1.54, 1.807) is 4.90 Å². The highest BCUT2D eigenvalue weighted by atomic mass is 32.1. The third-order valence-corrected chi connectivity index (χ3v) is 8.24. The third kappa shape index (κ3) is 7.43. The van der Waals surface area contributed by atoms with Crippen LogP contribution in [0.15, 0.2) is 0 Å². The van der Waals surface area contributed by atoms with Crippen molar-refractivity contribution in [3.63, 3.8) is 0 Å². The number of rotatable bonds is 11. The average molecular weight is 520 g/mol. The highest BCUT2D eigenvalue weighted by Crippen LogP contribution is 2.32. The third-order valence-electron chi connectivity index (χ3n) is 7.38. The van der Waals surface area contributed by atoms with Gasteiger partial charge in [0, 0.05) is 18.6 Å². The molecule has 2 aliphatic carbocycles. The first kappa shape index (κ1) is 28.4. The Labute approximate surface area is 220 Å². The van der Waals surface area contributed by atoms with E-state index in [1.807, 2.05) is 0 Å². The molecule has 0 radical (unpaired) electrons. The van der Waals surface area contributed by atoms with Crippen molar-refractivity contribution in [2.24, 2.45) is 11.8 Å². The fourth-order valence-electron chi connectivity index (χ4n) is 5.37. The van der Waals surface area contributed by atoms with Gasteiger partial charge >= 0.3 is 0 Å². The van der Waals surface area contributed by atoms with Crippen molar-refractivity contribution >= 4 is 34.9 Å². The molecule has 0 aromatic carbocycles. The quantitative estimate of drug-likeness (QED) is 0.390. The van der Waals surface area contributed by atoms with Crippen LogP contribution < -0.4 is 16.4 Å². The molecule has 1 unspecified atom stereocenters. The molecular formula is C27H45N5O3S. The van der Waals surface area contributed by atoms with Gasteiger partial charge in [-0.3, -0.25) is 14.4 Å². The molecule has 36 heavy (non-hydrogen) atoms. The number of nitrogens with zero attached hydrogens (tertiary/aromatic N) is 2. The van der Waals surface area contributed by atoms with Gasteiger partial charge in [-0.1, -0.05) is 59.8 Å². The Balaban J connectivity index is 1.84. The average Bonchev–Trinajstić information content (AvgIpc) is 3.48. The summed E-state index contributed by atoms with van der Waals surface area (Å²) in [6.45, 7) is 8.98. The lowest BCUT2D eigenvalue weighted by atomic mass is 9.95. The van der Waals surface area contributed by atoms with Crippen LogP contribution in [0.3, 0.4) is 0 Å². The minimum atomic E-state index is -0.575. The maximum atomic E-state index is 14.0. The Morgan fingerprint density at radius 3 is 2.25 bits per heavy atom. The molecule has 2 fully saturated rings. The zero-order valence-corrected chi connectivity index (χ0v) is 23.3. The molecule has 3 rings (SSSR count). The van der Waals surface area contributed by atoms with Gasteiger partial charge in [-0.15, -0.1) is 0 Å². The van der Waals surface area contributed by atoms with Crippen LogP contribution in [0.4, 0.5) is 5.69 Å². The number of amides is 3. The maximum absolute atomic E-state index is 14.0. The first-order chi connectivity index (χ1) is 17.2. The molecule has 2 aliphatic rings. The van der Waals surface area contributed by atoms with Crippen molar-refractivity contribution < 1.29 is 14.4 Å². The first-order valence-electron chi connectivity index (χ1n) is 13.8. The monoisotopic (exact) mass is 519 g/mol. The van der Waals surface area contributed by atoms with Crippen LogP contribution in [0.2, 0.25) is 0 Å². The predicted molar refractivity (Wildman–Crippen MR) is 145 cm³/mol. The molecule has 1 aromatic rings.